The molecule has 1 aromatic heterocycles. The van der Waals surface area contributed by atoms with Crippen LogP contribution in [-0.2, 0) is 31.8 Å². The number of hydrogen-bond donors (Lipinski definition) is 6. The molecule has 12 nitrogen and oxygen atoms in total. The fourth-order valence-electron chi connectivity index (χ4n) is 6.29. The number of H-pyrrole nitrogens is 1. The second-order valence-electron chi connectivity index (χ2n) is 12.8. The fourth-order valence-corrected chi connectivity index (χ4v) is 9.03. The van der Waals surface area contributed by atoms with Crippen LogP contribution in [0.2, 0.25) is 0 Å². The highest BCUT2D eigenvalue weighted by Crippen LogP contribution is 2.46. The number of hydrogen-bond acceptors (Lipinski definition) is 7. The van der Waals surface area contributed by atoms with Crippen molar-refractivity contribution < 1.29 is 28.6 Å². The van der Waals surface area contributed by atoms with Crippen LogP contribution in [0.5, 0.6) is 0 Å². The molecule has 0 fully saturated rings. The van der Waals surface area contributed by atoms with Gasteiger partial charge in [-0.2, -0.15) is 0 Å². The second-order valence-corrected chi connectivity index (χ2v) is 16.3. The number of carbonyl (C=O) groups excluding carboxylic acids is 4. The van der Waals surface area contributed by atoms with Gasteiger partial charge < -0.3 is 31.6 Å². The molecule has 0 bridgehead atoms. The number of nitrogens with zero attached hydrogens (tertiary/aromatic N) is 1. The Labute approximate surface area is 304 Å². The van der Waals surface area contributed by atoms with Crippen LogP contribution >= 0.6 is 19.1 Å². The molecule has 14 heteroatoms. The van der Waals surface area contributed by atoms with E-state index in [2.05, 4.69) is 32.0 Å². The number of amides is 4. The van der Waals surface area contributed by atoms with Crippen molar-refractivity contribution in [3.05, 3.63) is 137 Å². The van der Waals surface area contributed by atoms with E-state index < -0.39 is 55.0 Å². The van der Waals surface area contributed by atoms with Crippen LogP contribution in [0.25, 0.3) is 10.8 Å². The second kappa shape index (κ2) is 16.4. The Morgan fingerprint density at radius 1 is 0.885 bits per heavy atom. The number of benzene rings is 3. The summed E-state index contributed by atoms with van der Waals surface area (Å²) in [6.45, 7) is 0. The quantitative estimate of drug-likeness (QED) is 0.0986. The first-order valence-corrected chi connectivity index (χ1v) is 19.6. The van der Waals surface area contributed by atoms with E-state index in [0.29, 0.717) is 16.8 Å². The summed E-state index contributed by atoms with van der Waals surface area (Å²) >= 11 is 1.63. The third-order valence-corrected chi connectivity index (χ3v) is 12.3. The van der Waals surface area contributed by atoms with Gasteiger partial charge in [0.2, 0.25) is 25.1 Å². The molecule has 52 heavy (non-hydrogen) atoms. The first-order valence-electron chi connectivity index (χ1n) is 16.8. The lowest BCUT2D eigenvalue weighted by Crippen LogP contribution is -2.54. The molecular weight excluding hydrogens is 699 g/mol. The number of rotatable bonds is 15. The minimum Gasteiger partial charge on any atom is -0.368 e. The van der Waals surface area contributed by atoms with Crippen LogP contribution in [0.4, 0.5) is 0 Å². The number of carbonyl (C=O) groups is 4. The third-order valence-electron chi connectivity index (χ3n) is 9.06. The van der Waals surface area contributed by atoms with Crippen LogP contribution in [-0.4, -0.2) is 67.8 Å². The Morgan fingerprint density at radius 2 is 1.63 bits per heavy atom. The Kier molecular flexibility index (Phi) is 11.5. The third kappa shape index (κ3) is 9.16. The first kappa shape index (κ1) is 36.6. The number of thioether (sulfide) groups is 1. The Bertz CT molecular complexity index is 2090. The predicted octanol–water partition coefficient (Wildman–Crippen LogP) is 3.96. The molecule has 2 heterocycles. The Hall–Kier alpha value is -5.23. The maximum absolute atomic E-state index is 14.0. The summed E-state index contributed by atoms with van der Waals surface area (Å²) in [7, 11) is -4.47. The van der Waals surface area contributed by atoms with Crippen molar-refractivity contribution in [2.24, 2.45) is 11.7 Å². The maximum atomic E-state index is 14.0. The average Bonchev–Trinajstić information content (AvgIpc) is 3.81. The number of allylic oxidation sites excluding steroid dienone is 3. The number of imidazole rings is 1. The van der Waals surface area contributed by atoms with Crippen molar-refractivity contribution >= 4 is 53.5 Å². The highest BCUT2D eigenvalue weighted by molar-refractivity contribution is 8.03. The number of fused-ring (bicyclic) bond motifs is 2. The lowest BCUT2D eigenvalue weighted by molar-refractivity contribution is -0.130. The van der Waals surface area contributed by atoms with E-state index in [0.717, 1.165) is 16.3 Å². The summed E-state index contributed by atoms with van der Waals surface area (Å²) in [6.07, 6.45) is 10.1. The summed E-state index contributed by atoms with van der Waals surface area (Å²) in [5.41, 5.74) is 8.15. The molecule has 4 unspecified atom stereocenters. The lowest BCUT2D eigenvalue weighted by Gasteiger charge is -2.26. The number of primary amides is 1. The summed E-state index contributed by atoms with van der Waals surface area (Å²) in [4.78, 5) is 71.6. The van der Waals surface area contributed by atoms with Crippen LogP contribution in [0.1, 0.15) is 28.0 Å². The standard InChI is InChI=1S/C38H39N6O6PS/c39-36(46)31(18-28-22-52-33-13-7-6-12-30(28)33)43-38(48)32(19-29-20-40-23-41-29)42-34(45)21-51(49,50)35(16-24-8-2-1-3-9-24)44-37(47)27-15-14-25-10-4-5-11-26(25)17-27/h1-15,17,20,22-23,30-33,35H,16,18-19,21H2,(H2,39,46)(H,40,41)(H,42,45)(H,43,48)(H,44,47)(H,49,50)/t30?,31-,32-,33?,35?/m0/s1. The van der Waals surface area contributed by atoms with E-state index in [1.54, 1.807) is 60.3 Å². The van der Waals surface area contributed by atoms with E-state index in [9.17, 15) is 28.6 Å². The van der Waals surface area contributed by atoms with Crippen molar-refractivity contribution in [3.63, 3.8) is 0 Å². The van der Waals surface area contributed by atoms with Gasteiger partial charge in [-0.25, -0.2) is 4.98 Å². The van der Waals surface area contributed by atoms with E-state index in [1.165, 1.54) is 12.5 Å². The minimum absolute atomic E-state index is 0.0272. The molecule has 0 spiro atoms. The average molecular weight is 739 g/mol. The van der Waals surface area contributed by atoms with Gasteiger partial charge in [0.1, 0.15) is 24.0 Å². The molecule has 1 aliphatic heterocycles. The zero-order valence-electron chi connectivity index (χ0n) is 28.1. The van der Waals surface area contributed by atoms with Crippen LogP contribution < -0.4 is 21.7 Å². The molecule has 4 amide bonds. The Balaban J connectivity index is 1.17. The zero-order valence-corrected chi connectivity index (χ0v) is 29.8. The molecule has 0 saturated carbocycles. The molecule has 2 aliphatic rings. The van der Waals surface area contributed by atoms with E-state index in [4.69, 9.17) is 5.73 Å². The topological polar surface area (TPSA) is 196 Å². The number of nitrogens with one attached hydrogen (secondary N) is 4. The first-order chi connectivity index (χ1) is 25.1. The van der Waals surface area contributed by atoms with Gasteiger partial charge in [0.25, 0.3) is 5.91 Å². The lowest BCUT2D eigenvalue weighted by atomic mass is 9.89. The van der Waals surface area contributed by atoms with Crippen molar-refractivity contribution in [2.75, 3.05) is 6.16 Å². The maximum Gasteiger partial charge on any atom is 0.251 e. The normalized spacial score (nSPS) is 19.1. The SMILES string of the molecule is NC(=O)[C@H](CC1=CSC2C=CC=CC12)NC(=O)[C@H](Cc1cnc[nH]1)NC(=O)CP(=O)(O)C(Cc1ccccc1)NC(=O)c1ccc2ccccc2c1. The van der Waals surface area contributed by atoms with Gasteiger partial charge in [0.15, 0.2) is 0 Å². The van der Waals surface area contributed by atoms with Gasteiger partial charge in [0, 0.05) is 41.5 Å². The summed E-state index contributed by atoms with van der Waals surface area (Å²) < 4.78 is 14.0. The minimum atomic E-state index is -4.47. The van der Waals surface area contributed by atoms with Gasteiger partial charge >= 0.3 is 0 Å². The Morgan fingerprint density at radius 3 is 2.38 bits per heavy atom. The van der Waals surface area contributed by atoms with Crippen molar-refractivity contribution in [1.82, 2.24) is 25.9 Å². The molecule has 6 rings (SSSR count). The molecule has 268 valence electrons. The van der Waals surface area contributed by atoms with Crippen molar-refractivity contribution in [1.29, 1.82) is 0 Å². The summed E-state index contributed by atoms with van der Waals surface area (Å²) in [6, 6.07) is 19.2. The predicted molar refractivity (Wildman–Crippen MR) is 201 cm³/mol. The number of aromatic amines is 1. The molecule has 4 aromatic rings. The van der Waals surface area contributed by atoms with Crippen LogP contribution in [0.3, 0.4) is 0 Å². The van der Waals surface area contributed by atoms with Gasteiger partial charge in [-0.1, -0.05) is 90.5 Å². The molecular formula is C38H39N6O6PS. The van der Waals surface area contributed by atoms with Crippen LogP contribution in [0, 0.1) is 5.92 Å². The molecule has 0 radical (unpaired) electrons. The van der Waals surface area contributed by atoms with Crippen LogP contribution in [0.15, 0.2) is 121 Å². The smallest absolute Gasteiger partial charge is 0.251 e. The molecule has 3 aromatic carbocycles. The number of nitrogens with two attached hydrogens (primary N) is 1. The summed E-state index contributed by atoms with van der Waals surface area (Å²) in [5.74, 6) is -4.17. The van der Waals surface area contributed by atoms with Gasteiger partial charge in [-0.3, -0.25) is 23.7 Å². The largest absolute Gasteiger partial charge is 0.368 e. The highest BCUT2D eigenvalue weighted by atomic mass is 32.2. The highest BCUT2D eigenvalue weighted by Gasteiger charge is 2.37. The van der Waals surface area contributed by atoms with Gasteiger partial charge in [-0.15, -0.1) is 11.8 Å². The van der Waals surface area contributed by atoms with E-state index >= 15 is 0 Å². The fraction of sp³-hybridized carbons (Fsp3) is 0.237. The van der Waals surface area contributed by atoms with E-state index in [1.807, 2.05) is 47.9 Å². The van der Waals surface area contributed by atoms with E-state index in [-0.39, 0.29) is 30.4 Å². The zero-order chi connectivity index (χ0) is 36.7. The van der Waals surface area contributed by atoms with Gasteiger partial charge in [-0.05, 0) is 40.3 Å². The number of aromatic nitrogens is 2. The van der Waals surface area contributed by atoms with Gasteiger partial charge in [0.05, 0.1) is 6.33 Å². The molecule has 6 atom stereocenters. The summed E-state index contributed by atoms with van der Waals surface area (Å²) in [5, 5.41) is 11.9. The molecule has 0 saturated heterocycles. The monoisotopic (exact) mass is 738 g/mol. The molecule has 7 N–H and O–H groups in total. The molecule has 1 aliphatic carbocycles. The van der Waals surface area contributed by atoms with Crippen molar-refractivity contribution in [3.8, 4) is 0 Å². The van der Waals surface area contributed by atoms with Crippen molar-refractivity contribution in [2.45, 2.75) is 42.4 Å².